The van der Waals surface area contributed by atoms with Crippen molar-refractivity contribution in [2.45, 2.75) is 11.4 Å². The van der Waals surface area contributed by atoms with Gasteiger partial charge in [-0.25, -0.2) is 18.5 Å². The Morgan fingerprint density at radius 2 is 1.72 bits per heavy atom. The first kappa shape index (κ1) is 19.9. The molecule has 0 atom stereocenters. The van der Waals surface area contributed by atoms with E-state index in [1.807, 2.05) is 30.3 Å². The maximum Gasteiger partial charge on any atom is 0.253 e. The summed E-state index contributed by atoms with van der Waals surface area (Å²) in [6.07, 6.45) is 0. The normalized spacial score (nSPS) is 11.8. The van der Waals surface area contributed by atoms with Crippen LogP contribution in [0.15, 0.2) is 71.6 Å². The molecule has 3 aromatic carbocycles. The third kappa shape index (κ3) is 3.61. The van der Waals surface area contributed by atoms with Gasteiger partial charge in [0.2, 0.25) is 10.0 Å². The maximum absolute atomic E-state index is 12.9. The lowest BCUT2D eigenvalue weighted by atomic mass is 10.1. The van der Waals surface area contributed by atoms with Crippen LogP contribution in [0, 0.1) is 0 Å². The van der Waals surface area contributed by atoms with Gasteiger partial charge >= 0.3 is 0 Å². The number of rotatable bonds is 5. The molecule has 0 saturated heterocycles. The molecule has 10 heteroatoms. The minimum absolute atomic E-state index is 0.0206. The highest BCUT2D eigenvalue weighted by atomic mass is 32.2. The van der Waals surface area contributed by atoms with Crippen molar-refractivity contribution in [3.63, 3.8) is 0 Å². The van der Waals surface area contributed by atoms with E-state index >= 15 is 0 Å². The number of imidazole rings is 1. The van der Waals surface area contributed by atoms with Crippen LogP contribution in [-0.4, -0.2) is 34.5 Å². The highest BCUT2D eigenvalue weighted by Gasteiger charge is 2.17. The third-order valence-electron chi connectivity index (χ3n) is 5.16. The summed E-state index contributed by atoms with van der Waals surface area (Å²) in [6, 6.07) is 19.1. The SMILES string of the molecule is NS(=O)(=O)c1ccc(CNC(=O)c2cccc3[nH]c(-c4n[nH]c5ccccc45)nc23)cc1. The molecule has 160 valence electrons. The van der Waals surface area contributed by atoms with E-state index in [2.05, 4.69) is 25.5 Å². The molecule has 0 fully saturated rings. The van der Waals surface area contributed by atoms with Crippen LogP contribution in [0.3, 0.4) is 0 Å². The van der Waals surface area contributed by atoms with Crippen molar-refractivity contribution in [2.75, 3.05) is 0 Å². The van der Waals surface area contributed by atoms with Crippen LogP contribution in [0.1, 0.15) is 15.9 Å². The van der Waals surface area contributed by atoms with E-state index in [0.29, 0.717) is 22.6 Å². The molecule has 0 saturated carbocycles. The van der Waals surface area contributed by atoms with Crippen molar-refractivity contribution < 1.29 is 13.2 Å². The molecule has 0 aliphatic carbocycles. The number of aromatic amines is 2. The van der Waals surface area contributed by atoms with Gasteiger partial charge in [-0.2, -0.15) is 5.10 Å². The summed E-state index contributed by atoms with van der Waals surface area (Å²) >= 11 is 0. The Balaban J connectivity index is 1.41. The van der Waals surface area contributed by atoms with Crippen molar-refractivity contribution in [2.24, 2.45) is 5.14 Å². The number of nitrogens with zero attached hydrogens (tertiary/aromatic N) is 2. The van der Waals surface area contributed by atoms with Gasteiger partial charge in [0.25, 0.3) is 5.91 Å². The first-order valence-electron chi connectivity index (χ1n) is 9.72. The summed E-state index contributed by atoms with van der Waals surface area (Å²) in [4.78, 5) is 20.8. The number of aromatic nitrogens is 4. The average molecular weight is 446 g/mol. The Morgan fingerprint density at radius 3 is 2.50 bits per heavy atom. The minimum atomic E-state index is -3.75. The van der Waals surface area contributed by atoms with Crippen LogP contribution in [0.2, 0.25) is 0 Å². The van der Waals surface area contributed by atoms with Crippen LogP contribution in [0.25, 0.3) is 33.5 Å². The topological polar surface area (TPSA) is 147 Å². The largest absolute Gasteiger partial charge is 0.348 e. The molecule has 0 radical (unpaired) electrons. The molecule has 32 heavy (non-hydrogen) atoms. The number of carbonyl (C=O) groups is 1. The molecule has 9 nitrogen and oxygen atoms in total. The average Bonchev–Trinajstić information content (AvgIpc) is 3.41. The number of H-pyrrole nitrogens is 2. The zero-order chi connectivity index (χ0) is 22.3. The predicted octanol–water partition coefficient (Wildman–Crippen LogP) is 2.68. The molecule has 0 unspecified atom stereocenters. The Hall–Kier alpha value is -4.02. The molecular weight excluding hydrogens is 428 g/mol. The molecular formula is C22H18N6O3S. The molecule has 5 aromatic rings. The van der Waals surface area contributed by atoms with Crippen LogP contribution in [0.5, 0.6) is 0 Å². The highest BCUT2D eigenvalue weighted by molar-refractivity contribution is 7.89. The van der Waals surface area contributed by atoms with E-state index < -0.39 is 10.0 Å². The summed E-state index contributed by atoms with van der Waals surface area (Å²) < 4.78 is 22.7. The van der Waals surface area contributed by atoms with E-state index in [1.165, 1.54) is 12.1 Å². The predicted molar refractivity (Wildman–Crippen MR) is 120 cm³/mol. The number of hydrogen-bond acceptors (Lipinski definition) is 5. The zero-order valence-corrected chi connectivity index (χ0v) is 17.5. The van der Waals surface area contributed by atoms with Crippen molar-refractivity contribution in [1.29, 1.82) is 0 Å². The van der Waals surface area contributed by atoms with E-state index in [-0.39, 0.29) is 17.3 Å². The summed E-state index contributed by atoms with van der Waals surface area (Å²) in [7, 11) is -3.75. The van der Waals surface area contributed by atoms with Gasteiger partial charge in [-0.3, -0.25) is 9.89 Å². The quantitative estimate of drug-likeness (QED) is 0.328. The second-order valence-electron chi connectivity index (χ2n) is 7.28. The second kappa shape index (κ2) is 7.59. The number of primary sulfonamides is 1. The van der Waals surface area contributed by atoms with Gasteiger partial charge in [-0.15, -0.1) is 0 Å². The third-order valence-corrected chi connectivity index (χ3v) is 6.09. The van der Waals surface area contributed by atoms with Crippen molar-refractivity contribution in [3.05, 3.63) is 77.9 Å². The van der Waals surface area contributed by atoms with Crippen LogP contribution < -0.4 is 10.5 Å². The van der Waals surface area contributed by atoms with Crippen LogP contribution in [0.4, 0.5) is 0 Å². The molecule has 0 aliphatic heterocycles. The van der Waals surface area contributed by atoms with Gasteiger partial charge < -0.3 is 10.3 Å². The van der Waals surface area contributed by atoms with Crippen molar-refractivity contribution in [3.8, 4) is 11.5 Å². The van der Waals surface area contributed by atoms with Gasteiger partial charge in [0, 0.05) is 11.9 Å². The Bertz CT molecular complexity index is 1570. The molecule has 2 aromatic heterocycles. The van der Waals surface area contributed by atoms with Crippen molar-refractivity contribution in [1.82, 2.24) is 25.5 Å². The number of carbonyl (C=O) groups excluding carboxylic acids is 1. The number of amides is 1. The first-order valence-corrected chi connectivity index (χ1v) is 11.3. The summed E-state index contributed by atoms with van der Waals surface area (Å²) in [5.41, 5.74) is 4.00. The fourth-order valence-corrected chi connectivity index (χ4v) is 4.06. The second-order valence-corrected chi connectivity index (χ2v) is 8.84. The fourth-order valence-electron chi connectivity index (χ4n) is 3.55. The molecule has 5 rings (SSSR count). The number of para-hydroxylation sites is 2. The Labute approximate surface area is 182 Å². The fraction of sp³-hybridized carbons (Fsp3) is 0.0455. The Morgan fingerprint density at radius 1 is 0.969 bits per heavy atom. The van der Waals surface area contributed by atoms with E-state index in [4.69, 9.17) is 5.14 Å². The molecule has 2 heterocycles. The van der Waals surface area contributed by atoms with Crippen LogP contribution >= 0.6 is 0 Å². The van der Waals surface area contributed by atoms with Gasteiger partial charge in [0.05, 0.1) is 21.5 Å². The number of fused-ring (bicyclic) bond motifs is 2. The molecule has 0 aliphatic rings. The van der Waals surface area contributed by atoms with Gasteiger partial charge in [-0.1, -0.05) is 36.4 Å². The van der Waals surface area contributed by atoms with E-state index in [9.17, 15) is 13.2 Å². The number of nitrogens with one attached hydrogen (secondary N) is 3. The number of hydrogen-bond donors (Lipinski definition) is 4. The van der Waals surface area contributed by atoms with E-state index in [1.54, 1.807) is 24.3 Å². The summed E-state index contributed by atoms with van der Waals surface area (Å²) in [5.74, 6) is 0.271. The van der Waals surface area contributed by atoms with Crippen molar-refractivity contribution >= 4 is 37.9 Å². The lowest BCUT2D eigenvalue weighted by Gasteiger charge is -2.07. The zero-order valence-electron chi connectivity index (χ0n) is 16.7. The molecule has 5 N–H and O–H groups in total. The van der Waals surface area contributed by atoms with E-state index in [0.717, 1.165) is 22.0 Å². The smallest absolute Gasteiger partial charge is 0.253 e. The van der Waals surface area contributed by atoms with Gasteiger partial charge in [0.15, 0.2) is 5.82 Å². The maximum atomic E-state index is 12.9. The number of sulfonamides is 1. The summed E-state index contributed by atoms with van der Waals surface area (Å²) in [5, 5.41) is 16.2. The summed E-state index contributed by atoms with van der Waals surface area (Å²) in [6.45, 7) is 0.224. The molecule has 0 bridgehead atoms. The standard InChI is InChI=1S/C22H18N6O3S/c23-32(30,31)14-10-8-13(9-11-14)12-24-22(29)16-5-3-7-18-19(16)26-21(25-18)20-15-4-1-2-6-17(15)27-28-20/h1-11H,12H2,(H,24,29)(H,25,26)(H,27,28)(H2,23,30,31). The van der Waals surface area contributed by atoms with Crippen LogP contribution in [-0.2, 0) is 16.6 Å². The first-order chi connectivity index (χ1) is 15.4. The monoisotopic (exact) mass is 446 g/mol. The minimum Gasteiger partial charge on any atom is -0.348 e. The lowest BCUT2D eigenvalue weighted by Crippen LogP contribution is -2.23. The van der Waals surface area contributed by atoms with Gasteiger partial charge in [-0.05, 0) is 35.9 Å². The number of nitrogens with two attached hydrogens (primary N) is 1. The molecule has 0 spiro atoms. The number of benzene rings is 3. The molecule has 1 amide bonds. The van der Waals surface area contributed by atoms with Gasteiger partial charge in [0.1, 0.15) is 11.2 Å². The Kier molecular flexibility index (Phi) is 4.72. The highest BCUT2D eigenvalue weighted by Crippen LogP contribution is 2.27. The lowest BCUT2D eigenvalue weighted by molar-refractivity contribution is 0.0952.